The molecule has 2 atom stereocenters. The van der Waals surface area contributed by atoms with Gasteiger partial charge in [-0.15, -0.1) is 0 Å². The fourth-order valence-electron chi connectivity index (χ4n) is 5.32. The number of hydrogen-bond donors (Lipinski definition) is 2. The second-order valence-electron chi connectivity index (χ2n) is 11.4. The number of carbonyl (C=O) groups is 2. The Balaban J connectivity index is 1.29. The van der Waals surface area contributed by atoms with Gasteiger partial charge in [0.05, 0.1) is 11.1 Å². The van der Waals surface area contributed by atoms with Crippen molar-refractivity contribution in [2.45, 2.75) is 49.4 Å². The molecule has 0 saturated heterocycles. The van der Waals surface area contributed by atoms with Crippen molar-refractivity contribution in [2.75, 3.05) is 6.61 Å². The lowest BCUT2D eigenvalue weighted by atomic mass is 10.00. The molecule has 268 valence electrons. The maximum atomic E-state index is 13.9. The summed E-state index contributed by atoms with van der Waals surface area (Å²) in [4.78, 5) is 42.2. The number of alkyl halides is 8. The number of nitrogens with zero attached hydrogens (tertiary/aromatic N) is 7. The second-order valence-corrected chi connectivity index (χ2v) is 11.8. The minimum atomic E-state index is -4.75. The van der Waals surface area contributed by atoms with Crippen LogP contribution in [0.15, 0.2) is 66.2 Å². The van der Waals surface area contributed by atoms with Crippen LogP contribution in [0.2, 0.25) is 5.02 Å². The van der Waals surface area contributed by atoms with Gasteiger partial charge in [-0.1, -0.05) is 41.9 Å². The molecule has 12 nitrogen and oxygen atoms in total. The molecule has 2 aromatic carbocycles. The van der Waals surface area contributed by atoms with Crippen LogP contribution < -0.4 is 11.1 Å². The summed E-state index contributed by atoms with van der Waals surface area (Å²) in [6.45, 7) is -3.89. The Kier molecular flexibility index (Phi) is 9.07. The van der Waals surface area contributed by atoms with Gasteiger partial charge in [0, 0.05) is 23.5 Å². The van der Waals surface area contributed by atoms with Gasteiger partial charge >= 0.3 is 25.0 Å². The minimum Gasteiger partial charge on any atom is -0.447 e. The Morgan fingerprint density at radius 3 is 2.27 bits per heavy atom. The average molecular weight is 744 g/mol. The highest BCUT2D eigenvalue weighted by atomic mass is 35.5. The van der Waals surface area contributed by atoms with E-state index in [0.29, 0.717) is 5.56 Å². The number of hydrogen-bond acceptors (Lipinski definition) is 9. The molecule has 0 unspecified atom stereocenters. The van der Waals surface area contributed by atoms with Crippen molar-refractivity contribution in [3.05, 3.63) is 83.2 Å². The third kappa shape index (κ3) is 6.99. The van der Waals surface area contributed by atoms with Crippen molar-refractivity contribution in [1.82, 2.24) is 34.9 Å². The Morgan fingerprint density at radius 2 is 1.69 bits per heavy atom. The maximum absolute atomic E-state index is 13.9. The monoisotopic (exact) mass is 743 g/mol. The maximum Gasteiger partial charge on any atom is 0.451 e. The summed E-state index contributed by atoms with van der Waals surface area (Å²) < 4.78 is 112. The summed E-state index contributed by atoms with van der Waals surface area (Å²) in [5.74, 6) is -2.84. The molecule has 1 fully saturated rings. The topological polar surface area (TPSA) is 154 Å². The van der Waals surface area contributed by atoms with Crippen LogP contribution in [-0.4, -0.2) is 65.9 Å². The predicted molar refractivity (Wildman–Crippen MR) is 161 cm³/mol. The zero-order chi connectivity index (χ0) is 36.9. The zero-order valence-corrected chi connectivity index (χ0v) is 26.2. The molecule has 0 radical (unpaired) electrons. The smallest absolute Gasteiger partial charge is 0.447 e. The summed E-state index contributed by atoms with van der Waals surface area (Å²) in [7, 11) is 0. The van der Waals surface area contributed by atoms with Gasteiger partial charge in [-0.25, -0.2) is 24.7 Å². The number of alkyl carbamates (subject to hydrolysis) is 1. The molecule has 6 rings (SSSR count). The first-order valence-corrected chi connectivity index (χ1v) is 15.0. The molecule has 1 saturated carbocycles. The molecular formula is C30H22ClF8N9O3. The van der Waals surface area contributed by atoms with Crippen LogP contribution >= 0.6 is 11.6 Å². The Bertz CT molecular complexity index is 1980. The van der Waals surface area contributed by atoms with E-state index in [4.69, 9.17) is 22.1 Å². The normalized spacial score (nSPS) is 17.8. The summed E-state index contributed by atoms with van der Waals surface area (Å²) in [6.07, 6.45) is -8.83. The van der Waals surface area contributed by atoms with Gasteiger partial charge in [-0.05, 0) is 41.7 Å². The van der Waals surface area contributed by atoms with Crippen molar-refractivity contribution in [3.63, 3.8) is 0 Å². The SMILES string of the molecule is NC1=N[C@H](c2ccc(-c3cnc(C(F)(F)F)nc3)cc2)C(=O)N1[C@H](COC(=O)NC1(C(F)(F)F)CC1)c1ccc(Cl)c(-c2ncnn2C(F)F)c1. The van der Waals surface area contributed by atoms with Gasteiger partial charge in [0.25, 0.3) is 5.91 Å². The highest BCUT2D eigenvalue weighted by Crippen LogP contribution is 2.49. The number of benzene rings is 2. The molecule has 3 N–H and O–H groups in total. The fourth-order valence-corrected chi connectivity index (χ4v) is 5.53. The first-order valence-electron chi connectivity index (χ1n) is 14.6. The van der Waals surface area contributed by atoms with E-state index in [1.165, 1.54) is 42.5 Å². The van der Waals surface area contributed by atoms with Crippen LogP contribution in [0.1, 0.15) is 48.4 Å². The number of aromatic nitrogens is 5. The lowest BCUT2D eigenvalue weighted by Gasteiger charge is -2.29. The van der Waals surface area contributed by atoms with Crippen molar-refractivity contribution in [3.8, 4) is 22.5 Å². The molecule has 4 aromatic rings. The number of guanidine groups is 1. The number of rotatable bonds is 9. The van der Waals surface area contributed by atoms with Crippen molar-refractivity contribution < 1.29 is 49.4 Å². The number of halogens is 9. The lowest BCUT2D eigenvalue weighted by molar-refractivity contribution is -0.164. The molecule has 1 aliphatic carbocycles. The Morgan fingerprint density at radius 1 is 1.02 bits per heavy atom. The van der Waals surface area contributed by atoms with Crippen LogP contribution in [0.4, 0.5) is 39.9 Å². The van der Waals surface area contributed by atoms with Crippen LogP contribution in [0, 0.1) is 0 Å². The summed E-state index contributed by atoms with van der Waals surface area (Å²) >= 11 is 6.31. The summed E-state index contributed by atoms with van der Waals surface area (Å²) in [5, 5.41) is 5.24. The second kappa shape index (κ2) is 13.1. The number of nitrogens with one attached hydrogen (secondary N) is 1. The molecular weight excluding hydrogens is 722 g/mol. The molecule has 51 heavy (non-hydrogen) atoms. The van der Waals surface area contributed by atoms with E-state index in [1.807, 2.05) is 5.32 Å². The number of amides is 2. The molecule has 1 aliphatic heterocycles. The first kappa shape index (κ1) is 35.4. The van der Waals surface area contributed by atoms with Gasteiger partial charge in [-0.2, -0.15) is 44.9 Å². The molecule has 3 heterocycles. The fraction of sp³-hybridized carbons (Fsp3) is 0.300. The van der Waals surface area contributed by atoms with Crippen LogP contribution in [-0.2, 0) is 15.7 Å². The molecule has 2 aliphatic rings. The number of ether oxygens (including phenoxy) is 1. The van der Waals surface area contributed by atoms with Crippen molar-refractivity contribution in [2.24, 2.45) is 10.7 Å². The van der Waals surface area contributed by atoms with Gasteiger partial charge in [-0.3, -0.25) is 9.69 Å². The van der Waals surface area contributed by atoms with Crippen LogP contribution in [0.25, 0.3) is 22.5 Å². The summed E-state index contributed by atoms with van der Waals surface area (Å²) in [6, 6.07) is 7.10. The molecule has 0 bridgehead atoms. The lowest BCUT2D eigenvalue weighted by Crippen LogP contribution is -2.49. The van der Waals surface area contributed by atoms with E-state index in [9.17, 15) is 44.7 Å². The third-order valence-corrected chi connectivity index (χ3v) is 8.47. The van der Waals surface area contributed by atoms with Gasteiger partial charge in [0.1, 0.15) is 18.5 Å². The van der Waals surface area contributed by atoms with Crippen molar-refractivity contribution in [1.29, 1.82) is 0 Å². The van der Waals surface area contributed by atoms with E-state index in [-0.39, 0.29) is 56.6 Å². The van der Waals surface area contributed by atoms with E-state index >= 15 is 0 Å². The highest BCUT2D eigenvalue weighted by Gasteiger charge is 2.64. The first-order chi connectivity index (χ1) is 24.0. The van der Waals surface area contributed by atoms with Gasteiger partial charge in [0.15, 0.2) is 17.8 Å². The van der Waals surface area contributed by atoms with Crippen molar-refractivity contribution >= 4 is 29.6 Å². The van der Waals surface area contributed by atoms with E-state index in [0.717, 1.165) is 23.6 Å². The molecule has 21 heteroatoms. The number of aliphatic imine (C=N–C) groups is 1. The molecule has 2 amide bonds. The number of nitrogens with two attached hydrogens (primary N) is 1. The Labute approximate surface area is 286 Å². The molecule has 2 aromatic heterocycles. The zero-order valence-electron chi connectivity index (χ0n) is 25.5. The van der Waals surface area contributed by atoms with Gasteiger partial charge in [0.2, 0.25) is 5.82 Å². The largest absolute Gasteiger partial charge is 0.451 e. The van der Waals surface area contributed by atoms with Crippen LogP contribution in [0.3, 0.4) is 0 Å². The van der Waals surface area contributed by atoms with E-state index in [1.54, 1.807) is 0 Å². The highest BCUT2D eigenvalue weighted by molar-refractivity contribution is 6.33. The standard InChI is InChI=1S/C30H22ClF8N9O3/c31-19-6-5-16(9-18(19)22-43-13-44-48(22)25(32)33)20(12-51-27(50)46-28(7-8-28)30(37,38)39)47-23(49)21(45-26(47)40)15-3-1-14(2-4-15)17-10-41-24(42-11-17)29(34,35)36/h1-6,9-11,13,20-21,25H,7-8,12H2,(H2,40,45)(H,46,50)/t20-,21-/m1/s1. The average Bonchev–Trinajstić information content (AvgIpc) is 3.59. The predicted octanol–water partition coefficient (Wildman–Crippen LogP) is 6.23. The van der Waals surface area contributed by atoms with E-state index < -0.39 is 61.0 Å². The molecule has 0 spiro atoms. The quantitative estimate of drug-likeness (QED) is 0.192. The van der Waals surface area contributed by atoms with Crippen LogP contribution in [0.5, 0.6) is 0 Å². The number of carbonyl (C=O) groups excluding carboxylic acids is 2. The Hall–Kier alpha value is -5.40. The summed E-state index contributed by atoms with van der Waals surface area (Å²) in [5.41, 5.74) is 4.68. The third-order valence-electron chi connectivity index (χ3n) is 8.14. The van der Waals surface area contributed by atoms with E-state index in [2.05, 4.69) is 25.0 Å². The minimum absolute atomic E-state index is 0.0577. The van der Waals surface area contributed by atoms with Gasteiger partial charge < -0.3 is 15.8 Å².